The molecule has 0 bridgehead atoms. The number of hydrogen-bond donors (Lipinski definition) is 3. The molecule has 1 fully saturated rings. The minimum atomic E-state index is 0.574. The zero-order valence-corrected chi connectivity index (χ0v) is 13.3. The Hall–Kier alpha value is -1.30. The SMILES string of the molecule is Sc1ccc(-c2ccnc3[nH]c(C4CCCNC4)cc23)s1. The van der Waals surface area contributed by atoms with E-state index in [4.69, 9.17) is 0 Å². The normalized spacial score (nSPS) is 19.2. The Balaban J connectivity index is 1.80. The molecule has 5 heteroatoms. The minimum absolute atomic E-state index is 0.574. The standard InChI is InChI=1S/C16H17N3S2/c20-15-4-3-14(21-15)11-5-7-18-16-12(11)8-13(19-16)10-2-1-6-17-9-10/h3-5,7-8,10,17,20H,1-2,6,9H2,(H,18,19). The summed E-state index contributed by atoms with van der Waals surface area (Å²) in [5, 5.41) is 4.69. The first-order chi connectivity index (χ1) is 10.3. The second kappa shape index (κ2) is 5.48. The van der Waals surface area contributed by atoms with Crippen molar-refractivity contribution in [3.8, 4) is 10.4 Å². The smallest absolute Gasteiger partial charge is 0.138 e. The molecule has 21 heavy (non-hydrogen) atoms. The summed E-state index contributed by atoms with van der Waals surface area (Å²) in [4.78, 5) is 9.27. The molecule has 3 nitrogen and oxygen atoms in total. The number of piperidine rings is 1. The second-order valence-electron chi connectivity index (χ2n) is 5.53. The van der Waals surface area contributed by atoms with Gasteiger partial charge in [0.15, 0.2) is 0 Å². The number of rotatable bonds is 2. The van der Waals surface area contributed by atoms with Crippen molar-refractivity contribution < 1.29 is 0 Å². The summed E-state index contributed by atoms with van der Waals surface area (Å²) in [6.45, 7) is 2.20. The molecule has 4 heterocycles. The lowest BCUT2D eigenvalue weighted by Gasteiger charge is -2.21. The first-order valence-electron chi connectivity index (χ1n) is 7.29. The van der Waals surface area contributed by atoms with Crippen LogP contribution in [0.2, 0.25) is 0 Å². The Bertz CT molecular complexity index is 769. The fourth-order valence-electron chi connectivity index (χ4n) is 3.07. The van der Waals surface area contributed by atoms with Crippen molar-refractivity contribution in [3.63, 3.8) is 0 Å². The third-order valence-electron chi connectivity index (χ3n) is 4.15. The Kier molecular flexibility index (Phi) is 3.49. The number of H-pyrrole nitrogens is 1. The van der Waals surface area contributed by atoms with Gasteiger partial charge in [-0.1, -0.05) is 0 Å². The van der Waals surface area contributed by atoms with E-state index in [1.807, 2.05) is 12.3 Å². The van der Waals surface area contributed by atoms with Gasteiger partial charge in [-0.25, -0.2) is 4.98 Å². The maximum absolute atomic E-state index is 4.50. The second-order valence-corrected chi connectivity index (χ2v) is 7.39. The predicted octanol–water partition coefficient (Wildman–Crippen LogP) is 4.05. The number of nitrogens with zero attached hydrogens (tertiary/aromatic N) is 1. The lowest BCUT2D eigenvalue weighted by Crippen LogP contribution is -2.28. The lowest BCUT2D eigenvalue weighted by molar-refractivity contribution is 0.456. The molecule has 1 aliphatic heterocycles. The van der Waals surface area contributed by atoms with Gasteiger partial charge < -0.3 is 10.3 Å². The van der Waals surface area contributed by atoms with Crippen LogP contribution in [-0.4, -0.2) is 23.1 Å². The summed E-state index contributed by atoms with van der Waals surface area (Å²) in [5.41, 5.74) is 3.54. The molecule has 1 atom stereocenters. The summed E-state index contributed by atoms with van der Waals surface area (Å²) in [6.07, 6.45) is 4.37. The Morgan fingerprint density at radius 3 is 3.00 bits per heavy atom. The molecular formula is C16H17N3S2. The van der Waals surface area contributed by atoms with Crippen molar-refractivity contribution >= 4 is 35.0 Å². The third kappa shape index (κ3) is 2.50. The van der Waals surface area contributed by atoms with Crippen molar-refractivity contribution in [2.45, 2.75) is 23.0 Å². The number of pyridine rings is 1. The lowest BCUT2D eigenvalue weighted by atomic mass is 9.96. The van der Waals surface area contributed by atoms with Crippen molar-refractivity contribution in [2.75, 3.05) is 13.1 Å². The van der Waals surface area contributed by atoms with Crippen LogP contribution in [-0.2, 0) is 0 Å². The van der Waals surface area contributed by atoms with Crippen LogP contribution < -0.4 is 5.32 Å². The maximum Gasteiger partial charge on any atom is 0.138 e. The first kappa shape index (κ1) is 13.4. The topological polar surface area (TPSA) is 40.7 Å². The zero-order chi connectivity index (χ0) is 14.2. The molecule has 0 aliphatic carbocycles. The molecule has 2 N–H and O–H groups in total. The molecule has 0 aromatic carbocycles. The van der Waals surface area contributed by atoms with Crippen LogP contribution in [0.4, 0.5) is 0 Å². The van der Waals surface area contributed by atoms with Crippen LogP contribution in [0.3, 0.4) is 0 Å². The average molecular weight is 315 g/mol. The molecule has 1 saturated heterocycles. The third-order valence-corrected chi connectivity index (χ3v) is 5.49. The highest BCUT2D eigenvalue weighted by Crippen LogP contribution is 2.36. The quantitative estimate of drug-likeness (QED) is 0.625. The molecule has 108 valence electrons. The molecule has 1 aliphatic rings. The molecule has 0 saturated carbocycles. The van der Waals surface area contributed by atoms with Crippen molar-refractivity contribution in [2.24, 2.45) is 0 Å². The number of thiophene rings is 1. The molecule has 3 aromatic heterocycles. The minimum Gasteiger partial charge on any atom is -0.343 e. The molecule has 1 unspecified atom stereocenters. The summed E-state index contributed by atoms with van der Waals surface area (Å²) < 4.78 is 1.04. The summed E-state index contributed by atoms with van der Waals surface area (Å²) in [5.74, 6) is 0.574. The van der Waals surface area contributed by atoms with Gasteiger partial charge in [-0.05, 0) is 43.7 Å². The fraction of sp³-hybridized carbons (Fsp3) is 0.312. The van der Waals surface area contributed by atoms with Crippen LogP contribution in [0, 0.1) is 0 Å². The molecule has 4 rings (SSSR count). The highest BCUT2D eigenvalue weighted by Gasteiger charge is 2.18. The van der Waals surface area contributed by atoms with Crippen molar-refractivity contribution in [3.05, 3.63) is 36.2 Å². The largest absolute Gasteiger partial charge is 0.343 e. The van der Waals surface area contributed by atoms with Gasteiger partial charge in [0.2, 0.25) is 0 Å². The predicted molar refractivity (Wildman–Crippen MR) is 91.5 cm³/mol. The van der Waals surface area contributed by atoms with Crippen LogP contribution in [0.15, 0.2) is 34.7 Å². The Morgan fingerprint density at radius 2 is 2.24 bits per heavy atom. The number of hydrogen-bond acceptors (Lipinski definition) is 4. The molecule has 3 aromatic rings. The van der Waals surface area contributed by atoms with E-state index in [1.54, 1.807) is 11.3 Å². The summed E-state index contributed by atoms with van der Waals surface area (Å²) in [6, 6.07) is 8.57. The summed E-state index contributed by atoms with van der Waals surface area (Å²) in [7, 11) is 0. The van der Waals surface area contributed by atoms with E-state index >= 15 is 0 Å². The highest BCUT2D eigenvalue weighted by molar-refractivity contribution is 7.83. The monoisotopic (exact) mass is 315 g/mol. The number of fused-ring (bicyclic) bond motifs is 1. The highest BCUT2D eigenvalue weighted by atomic mass is 32.2. The molecule has 0 amide bonds. The molecule has 0 spiro atoms. The van der Waals surface area contributed by atoms with E-state index in [0.29, 0.717) is 5.92 Å². The average Bonchev–Trinajstić information content (AvgIpc) is 3.14. The van der Waals surface area contributed by atoms with Gasteiger partial charge in [-0.15, -0.1) is 24.0 Å². The van der Waals surface area contributed by atoms with Crippen LogP contribution in [0.5, 0.6) is 0 Å². The number of nitrogens with one attached hydrogen (secondary N) is 2. The maximum atomic E-state index is 4.50. The zero-order valence-electron chi connectivity index (χ0n) is 11.6. The molecule has 0 radical (unpaired) electrons. The number of aromatic nitrogens is 2. The van der Waals surface area contributed by atoms with E-state index in [9.17, 15) is 0 Å². The van der Waals surface area contributed by atoms with Gasteiger partial charge in [-0.3, -0.25) is 0 Å². The number of thiol groups is 1. The van der Waals surface area contributed by atoms with Crippen LogP contribution in [0.1, 0.15) is 24.5 Å². The van der Waals surface area contributed by atoms with E-state index in [1.165, 1.54) is 34.4 Å². The van der Waals surface area contributed by atoms with E-state index in [-0.39, 0.29) is 0 Å². The van der Waals surface area contributed by atoms with E-state index < -0.39 is 0 Å². The van der Waals surface area contributed by atoms with Crippen molar-refractivity contribution in [1.29, 1.82) is 0 Å². The number of aromatic amines is 1. The Labute approximate surface area is 133 Å². The van der Waals surface area contributed by atoms with Gasteiger partial charge in [0.25, 0.3) is 0 Å². The van der Waals surface area contributed by atoms with E-state index in [0.717, 1.165) is 22.9 Å². The first-order valence-corrected chi connectivity index (χ1v) is 8.55. The fourth-order valence-corrected chi connectivity index (χ4v) is 4.23. The van der Waals surface area contributed by atoms with Gasteiger partial charge in [-0.2, -0.15) is 0 Å². The van der Waals surface area contributed by atoms with Crippen LogP contribution >= 0.6 is 24.0 Å². The molecular weight excluding hydrogens is 298 g/mol. The van der Waals surface area contributed by atoms with Gasteiger partial charge in [0, 0.05) is 40.2 Å². The Morgan fingerprint density at radius 1 is 1.29 bits per heavy atom. The van der Waals surface area contributed by atoms with Crippen LogP contribution in [0.25, 0.3) is 21.5 Å². The van der Waals surface area contributed by atoms with Gasteiger partial charge >= 0.3 is 0 Å². The van der Waals surface area contributed by atoms with Gasteiger partial charge in [0.1, 0.15) is 5.65 Å². The van der Waals surface area contributed by atoms with E-state index in [2.05, 4.69) is 46.1 Å². The van der Waals surface area contributed by atoms with Gasteiger partial charge in [0.05, 0.1) is 4.21 Å². The van der Waals surface area contributed by atoms with Crippen molar-refractivity contribution in [1.82, 2.24) is 15.3 Å². The summed E-state index contributed by atoms with van der Waals surface area (Å²) >= 11 is 6.14.